The molecule has 0 bridgehead atoms. The van der Waals surface area contributed by atoms with Crippen molar-refractivity contribution in [3.63, 3.8) is 0 Å². The SMILES string of the molecule is C=CCNC(=S)N/N=C(C)/C(C)=N/NC(=S)NCC=C.CS(C)=O.CS(C)=O. The number of rotatable bonds is 7. The third-order valence-electron chi connectivity index (χ3n) is 1.99. The van der Waals surface area contributed by atoms with E-state index < -0.39 is 21.6 Å². The summed E-state index contributed by atoms with van der Waals surface area (Å²) in [6, 6.07) is 0. The van der Waals surface area contributed by atoms with Crippen LogP contribution in [0.2, 0.25) is 0 Å². The van der Waals surface area contributed by atoms with E-state index in [1.807, 2.05) is 13.8 Å². The largest absolute Gasteiger partial charge is 0.358 e. The lowest BCUT2D eigenvalue weighted by Crippen LogP contribution is -2.34. The number of hydrazone groups is 2. The summed E-state index contributed by atoms with van der Waals surface area (Å²) >= 11 is 10.0. The average Bonchev–Trinajstić information content (AvgIpc) is 2.59. The predicted octanol–water partition coefficient (Wildman–Crippen LogP) is 1.03. The Morgan fingerprint density at radius 1 is 0.821 bits per heavy atom. The van der Waals surface area contributed by atoms with E-state index in [-0.39, 0.29) is 0 Å². The summed E-state index contributed by atoms with van der Waals surface area (Å²) in [5, 5.41) is 14.8. The summed E-state index contributed by atoms with van der Waals surface area (Å²) in [5.41, 5.74) is 6.79. The summed E-state index contributed by atoms with van der Waals surface area (Å²) in [7, 11) is -1.22. The first-order chi connectivity index (χ1) is 13.0. The Bertz CT molecular complexity index is 546. The number of hydrogen-bond donors (Lipinski definition) is 4. The molecule has 28 heavy (non-hydrogen) atoms. The maximum absolute atomic E-state index is 9.56. The molecule has 0 radical (unpaired) electrons. The molecule has 0 aliphatic heterocycles. The van der Waals surface area contributed by atoms with Gasteiger partial charge in [-0.25, -0.2) is 0 Å². The first kappa shape index (κ1) is 31.2. The van der Waals surface area contributed by atoms with Crippen molar-refractivity contribution in [3.8, 4) is 0 Å². The molecule has 0 unspecified atom stereocenters. The Morgan fingerprint density at radius 2 is 1.07 bits per heavy atom. The van der Waals surface area contributed by atoms with Crippen molar-refractivity contribution in [2.75, 3.05) is 38.1 Å². The van der Waals surface area contributed by atoms with Crippen LogP contribution in [0.3, 0.4) is 0 Å². The van der Waals surface area contributed by atoms with Crippen LogP contribution in [-0.2, 0) is 21.6 Å². The summed E-state index contributed by atoms with van der Waals surface area (Å²) < 4.78 is 19.1. The molecule has 0 spiro atoms. The molecule has 12 heteroatoms. The van der Waals surface area contributed by atoms with Gasteiger partial charge in [-0.15, -0.1) is 13.2 Å². The minimum atomic E-state index is -0.611. The van der Waals surface area contributed by atoms with Gasteiger partial charge in [-0.2, -0.15) is 10.2 Å². The molecule has 0 saturated carbocycles. The quantitative estimate of drug-likeness (QED) is 0.190. The van der Waals surface area contributed by atoms with Crippen LogP contribution in [0.15, 0.2) is 35.5 Å². The zero-order chi connectivity index (χ0) is 22.5. The van der Waals surface area contributed by atoms with Crippen LogP contribution in [0.1, 0.15) is 13.8 Å². The molecular formula is C16H32N6O2S4. The van der Waals surface area contributed by atoms with Crippen LogP contribution in [0.4, 0.5) is 0 Å². The first-order valence-electron chi connectivity index (χ1n) is 7.86. The van der Waals surface area contributed by atoms with E-state index >= 15 is 0 Å². The Kier molecular flexibility index (Phi) is 24.3. The highest BCUT2D eigenvalue weighted by Crippen LogP contribution is 1.83. The summed E-state index contributed by atoms with van der Waals surface area (Å²) in [6.45, 7) is 11.9. The second-order valence-corrected chi connectivity index (χ2v) is 8.88. The van der Waals surface area contributed by atoms with Crippen LogP contribution in [0, 0.1) is 0 Å². The summed E-state index contributed by atoms with van der Waals surface area (Å²) in [6.07, 6.45) is 9.97. The number of nitrogens with one attached hydrogen (secondary N) is 4. The van der Waals surface area contributed by atoms with Crippen molar-refractivity contribution >= 4 is 67.7 Å². The van der Waals surface area contributed by atoms with Crippen molar-refractivity contribution < 1.29 is 8.42 Å². The lowest BCUT2D eigenvalue weighted by atomic mass is 10.3. The van der Waals surface area contributed by atoms with Gasteiger partial charge in [0.2, 0.25) is 0 Å². The second kappa shape index (κ2) is 21.8. The molecule has 0 aliphatic carbocycles. The van der Waals surface area contributed by atoms with Crippen molar-refractivity contribution in [3.05, 3.63) is 25.3 Å². The van der Waals surface area contributed by atoms with Gasteiger partial charge in [0.25, 0.3) is 0 Å². The molecule has 162 valence electrons. The number of nitrogens with zero attached hydrogens (tertiary/aromatic N) is 2. The zero-order valence-corrected chi connectivity index (χ0v) is 20.6. The van der Waals surface area contributed by atoms with Crippen LogP contribution in [0.25, 0.3) is 0 Å². The molecule has 0 aliphatic rings. The molecular weight excluding hydrogens is 436 g/mol. The highest BCUT2D eigenvalue weighted by atomic mass is 32.2. The van der Waals surface area contributed by atoms with E-state index in [1.165, 1.54) is 0 Å². The van der Waals surface area contributed by atoms with Gasteiger partial charge in [-0.3, -0.25) is 19.3 Å². The fourth-order valence-corrected chi connectivity index (χ4v) is 1.10. The van der Waals surface area contributed by atoms with E-state index in [4.69, 9.17) is 24.4 Å². The highest BCUT2D eigenvalue weighted by Gasteiger charge is 1.99. The third kappa shape index (κ3) is 32.2. The van der Waals surface area contributed by atoms with Gasteiger partial charge in [0.05, 0.1) is 11.4 Å². The third-order valence-corrected chi connectivity index (χ3v) is 2.46. The molecule has 0 aromatic rings. The smallest absolute Gasteiger partial charge is 0.187 e. The van der Waals surface area contributed by atoms with Crippen molar-refractivity contribution in [2.24, 2.45) is 10.2 Å². The molecule has 0 amide bonds. The van der Waals surface area contributed by atoms with Gasteiger partial charge in [0.15, 0.2) is 10.2 Å². The lowest BCUT2D eigenvalue weighted by Gasteiger charge is -2.07. The van der Waals surface area contributed by atoms with Crippen molar-refractivity contribution in [2.45, 2.75) is 13.8 Å². The zero-order valence-electron chi connectivity index (χ0n) is 17.3. The topological polar surface area (TPSA) is 107 Å². The standard InChI is InChI=1S/C12H20N6S2.2C2H6OS/c1-5-7-13-11(19)17-15-9(3)10(4)16-18-12(20)14-8-6-2;2*1-4(2)3/h5-6H,1-2,7-8H2,3-4H3,(H2,13,17,19)(H2,14,18,20);2*1-2H3/b15-9+,16-10+;;. The Hall–Kier alpha value is -1.50. The average molecular weight is 469 g/mol. The fourth-order valence-electron chi connectivity index (χ4n) is 0.840. The van der Waals surface area contributed by atoms with Crippen LogP contribution >= 0.6 is 24.4 Å². The summed E-state index contributed by atoms with van der Waals surface area (Å²) in [4.78, 5) is 0. The predicted molar refractivity (Wildman–Crippen MR) is 134 cm³/mol. The van der Waals surface area contributed by atoms with E-state index in [2.05, 4.69) is 44.8 Å². The molecule has 0 atom stereocenters. The van der Waals surface area contributed by atoms with Crippen LogP contribution < -0.4 is 21.5 Å². The minimum absolute atomic E-state index is 0.424. The van der Waals surface area contributed by atoms with Gasteiger partial charge in [0.1, 0.15) is 0 Å². The Morgan fingerprint density at radius 3 is 1.29 bits per heavy atom. The lowest BCUT2D eigenvalue weighted by molar-refractivity contribution is 0.689. The van der Waals surface area contributed by atoms with E-state index in [9.17, 15) is 8.42 Å². The van der Waals surface area contributed by atoms with Gasteiger partial charge in [-0.05, 0) is 38.3 Å². The Labute approximate surface area is 184 Å². The maximum Gasteiger partial charge on any atom is 0.187 e. The van der Waals surface area contributed by atoms with E-state index in [0.717, 1.165) is 0 Å². The molecule has 0 heterocycles. The van der Waals surface area contributed by atoms with Gasteiger partial charge < -0.3 is 10.6 Å². The van der Waals surface area contributed by atoms with Crippen LogP contribution in [-0.4, -0.2) is 68.2 Å². The molecule has 4 N–H and O–H groups in total. The van der Waals surface area contributed by atoms with Crippen LogP contribution in [0.5, 0.6) is 0 Å². The van der Waals surface area contributed by atoms with Gasteiger partial charge in [0, 0.05) is 59.7 Å². The normalized spacial score (nSPS) is 10.6. The van der Waals surface area contributed by atoms with Gasteiger partial charge >= 0.3 is 0 Å². The molecule has 0 saturated heterocycles. The molecule has 0 rings (SSSR count). The molecule has 0 aromatic heterocycles. The second-order valence-electron chi connectivity index (χ2n) is 5.10. The first-order valence-corrected chi connectivity index (χ1v) is 12.6. The number of thiocarbonyl (C=S) groups is 2. The summed E-state index contributed by atoms with van der Waals surface area (Å²) in [5.74, 6) is 0. The number of hydrogen-bond acceptors (Lipinski definition) is 6. The maximum atomic E-state index is 9.56. The highest BCUT2D eigenvalue weighted by molar-refractivity contribution is 7.83. The van der Waals surface area contributed by atoms with Crippen molar-refractivity contribution in [1.29, 1.82) is 0 Å². The van der Waals surface area contributed by atoms with Gasteiger partial charge in [-0.1, -0.05) is 12.2 Å². The molecule has 8 nitrogen and oxygen atoms in total. The van der Waals surface area contributed by atoms with E-state index in [1.54, 1.807) is 37.2 Å². The van der Waals surface area contributed by atoms with Crippen molar-refractivity contribution in [1.82, 2.24) is 21.5 Å². The minimum Gasteiger partial charge on any atom is -0.358 e. The van der Waals surface area contributed by atoms with E-state index in [0.29, 0.717) is 34.7 Å². The molecule has 0 aromatic carbocycles. The monoisotopic (exact) mass is 468 g/mol. The Balaban J connectivity index is -0.000000656. The molecule has 0 fully saturated rings. The fraction of sp³-hybridized carbons (Fsp3) is 0.500.